The van der Waals surface area contributed by atoms with Crippen molar-refractivity contribution in [2.24, 2.45) is 0 Å². The second-order valence-electron chi connectivity index (χ2n) is 4.13. The molecule has 15 heavy (non-hydrogen) atoms. The molecule has 2 nitrogen and oxygen atoms in total. The first kappa shape index (κ1) is 12.6. The molecule has 0 radical (unpaired) electrons. The van der Waals surface area contributed by atoms with E-state index in [0.29, 0.717) is 0 Å². The van der Waals surface area contributed by atoms with Crippen LogP contribution in [-0.4, -0.2) is 29.5 Å². The van der Waals surface area contributed by atoms with Crippen LogP contribution in [0, 0.1) is 0 Å². The van der Waals surface area contributed by atoms with E-state index >= 15 is 0 Å². The Morgan fingerprint density at radius 2 is 1.93 bits per heavy atom. The van der Waals surface area contributed by atoms with E-state index in [1.165, 1.54) is 4.90 Å². The van der Waals surface area contributed by atoms with E-state index in [1.807, 2.05) is 43.8 Å². The van der Waals surface area contributed by atoms with Crippen molar-refractivity contribution in [1.29, 1.82) is 0 Å². The molecule has 0 saturated heterocycles. The number of rotatable bonds is 6. The maximum Gasteiger partial charge on any atom is 0.0607 e. The van der Waals surface area contributed by atoms with Crippen molar-refractivity contribution in [3.63, 3.8) is 0 Å². The fraction of sp³-hybridized carbons (Fsp3) is 0.500. The molecule has 3 heteroatoms. The van der Waals surface area contributed by atoms with Crippen LogP contribution in [-0.2, 0) is 0 Å². The van der Waals surface area contributed by atoms with E-state index in [1.54, 1.807) is 0 Å². The summed E-state index contributed by atoms with van der Waals surface area (Å²) in [5, 5.41) is 12.3. The predicted molar refractivity (Wildman–Crippen MR) is 66.3 cm³/mol. The minimum absolute atomic E-state index is 0.169. The monoisotopic (exact) mass is 225 g/mol. The van der Waals surface area contributed by atoms with Crippen LogP contribution in [0.2, 0.25) is 0 Å². The molecule has 0 fully saturated rings. The molecule has 84 valence electrons. The van der Waals surface area contributed by atoms with E-state index in [-0.39, 0.29) is 12.1 Å². The molecule has 0 atom stereocenters. The largest absolute Gasteiger partial charge is 0.394 e. The van der Waals surface area contributed by atoms with Gasteiger partial charge in [0, 0.05) is 22.7 Å². The van der Waals surface area contributed by atoms with E-state index < -0.39 is 0 Å². The molecule has 0 aromatic heterocycles. The zero-order valence-electron chi connectivity index (χ0n) is 9.36. The topological polar surface area (TPSA) is 32.3 Å². The molecule has 0 unspecified atom stereocenters. The summed E-state index contributed by atoms with van der Waals surface area (Å²) in [4.78, 5) is 1.29. The van der Waals surface area contributed by atoms with Gasteiger partial charge in [-0.3, -0.25) is 0 Å². The summed E-state index contributed by atoms with van der Waals surface area (Å²) in [5.74, 6) is 1.02. The van der Waals surface area contributed by atoms with Crippen LogP contribution < -0.4 is 5.32 Å². The van der Waals surface area contributed by atoms with Crippen LogP contribution in [0.4, 0.5) is 0 Å². The van der Waals surface area contributed by atoms with Gasteiger partial charge in [0.25, 0.3) is 0 Å². The van der Waals surface area contributed by atoms with Gasteiger partial charge in [0.1, 0.15) is 0 Å². The lowest BCUT2D eigenvalue weighted by Gasteiger charge is -2.23. The molecule has 0 spiro atoms. The van der Waals surface area contributed by atoms with Crippen molar-refractivity contribution in [3.8, 4) is 0 Å². The number of thioether (sulfide) groups is 1. The average molecular weight is 225 g/mol. The second-order valence-corrected chi connectivity index (χ2v) is 5.30. The number of benzene rings is 1. The Hall–Kier alpha value is -0.510. The van der Waals surface area contributed by atoms with Gasteiger partial charge >= 0.3 is 0 Å². The second kappa shape index (κ2) is 6.16. The number of aliphatic hydroxyl groups excluding tert-OH is 1. The first-order valence-electron chi connectivity index (χ1n) is 5.18. The summed E-state index contributed by atoms with van der Waals surface area (Å²) in [7, 11) is 0. The lowest BCUT2D eigenvalue weighted by Crippen LogP contribution is -2.43. The third-order valence-corrected chi connectivity index (χ3v) is 3.13. The average Bonchev–Trinajstić information content (AvgIpc) is 2.26. The van der Waals surface area contributed by atoms with Gasteiger partial charge in [-0.2, -0.15) is 0 Å². The van der Waals surface area contributed by atoms with Gasteiger partial charge in [-0.1, -0.05) is 18.2 Å². The Labute approximate surface area is 96.1 Å². The molecule has 1 rings (SSSR count). The van der Waals surface area contributed by atoms with E-state index in [2.05, 4.69) is 17.4 Å². The van der Waals surface area contributed by atoms with Gasteiger partial charge in [-0.05, 0) is 26.0 Å². The van der Waals surface area contributed by atoms with Crippen LogP contribution in [0.5, 0.6) is 0 Å². The van der Waals surface area contributed by atoms with E-state index in [0.717, 1.165) is 12.3 Å². The van der Waals surface area contributed by atoms with Gasteiger partial charge in [0.05, 0.1) is 6.61 Å². The molecular formula is C12H19NOS. The summed E-state index contributed by atoms with van der Waals surface area (Å²) >= 11 is 1.83. The smallest absolute Gasteiger partial charge is 0.0607 e. The highest BCUT2D eigenvalue weighted by Crippen LogP contribution is 2.16. The summed E-state index contributed by atoms with van der Waals surface area (Å²) in [5.41, 5.74) is -0.169. The maximum atomic E-state index is 9.04. The van der Waals surface area contributed by atoms with Crippen molar-refractivity contribution in [1.82, 2.24) is 5.32 Å². The first-order valence-corrected chi connectivity index (χ1v) is 6.16. The van der Waals surface area contributed by atoms with Gasteiger partial charge in [-0.25, -0.2) is 0 Å². The molecule has 0 aliphatic heterocycles. The number of aliphatic hydroxyl groups is 1. The standard InChI is InChI=1S/C12H19NOS/c1-12(2,10-14)13-8-9-15-11-6-4-3-5-7-11/h3-7,13-14H,8-10H2,1-2H3. The van der Waals surface area contributed by atoms with Crippen molar-refractivity contribution in [2.45, 2.75) is 24.3 Å². The quantitative estimate of drug-likeness (QED) is 0.575. The van der Waals surface area contributed by atoms with Crippen LogP contribution in [0.25, 0.3) is 0 Å². The number of nitrogens with one attached hydrogen (secondary N) is 1. The zero-order chi connectivity index (χ0) is 11.1. The minimum Gasteiger partial charge on any atom is -0.394 e. The van der Waals surface area contributed by atoms with E-state index in [4.69, 9.17) is 5.11 Å². The minimum atomic E-state index is -0.169. The van der Waals surface area contributed by atoms with Crippen LogP contribution >= 0.6 is 11.8 Å². The molecule has 0 saturated carbocycles. The zero-order valence-corrected chi connectivity index (χ0v) is 10.2. The van der Waals surface area contributed by atoms with Crippen molar-refractivity contribution < 1.29 is 5.11 Å². The van der Waals surface area contributed by atoms with Crippen LogP contribution in [0.1, 0.15) is 13.8 Å². The molecule has 2 N–H and O–H groups in total. The summed E-state index contributed by atoms with van der Waals surface area (Å²) < 4.78 is 0. The number of hydrogen-bond donors (Lipinski definition) is 2. The Balaban J connectivity index is 2.18. The molecular weight excluding hydrogens is 206 g/mol. The van der Waals surface area contributed by atoms with Crippen LogP contribution in [0.15, 0.2) is 35.2 Å². The normalized spacial score (nSPS) is 11.7. The molecule has 0 amide bonds. The Morgan fingerprint density at radius 3 is 2.53 bits per heavy atom. The summed E-state index contributed by atoms with van der Waals surface area (Å²) in [6.45, 7) is 5.08. The highest BCUT2D eigenvalue weighted by molar-refractivity contribution is 7.99. The molecule has 0 bridgehead atoms. The predicted octanol–water partition coefficient (Wildman–Crippen LogP) is 2.14. The maximum absolute atomic E-state index is 9.04. The molecule has 1 aromatic rings. The summed E-state index contributed by atoms with van der Waals surface area (Å²) in [6, 6.07) is 10.3. The Kier molecular flexibility index (Phi) is 5.15. The fourth-order valence-corrected chi connectivity index (χ4v) is 1.92. The molecule has 0 aliphatic carbocycles. The Bertz CT molecular complexity index is 274. The molecule has 0 aliphatic rings. The van der Waals surface area contributed by atoms with Crippen molar-refractivity contribution >= 4 is 11.8 Å². The Morgan fingerprint density at radius 1 is 1.27 bits per heavy atom. The highest BCUT2D eigenvalue weighted by atomic mass is 32.2. The molecule has 0 heterocycles. The number of hydrogen-bond acceptors (Lipinski definition) is 3. The fourth-order valence-electron chi connectivity index (χ4n) is 1.13. The first-order chi connectivity index (χ1) is 7.14. The van der Waals surface area contributed by atoms with Gasteiger partial charge in [-0.15, -0.1) is 11.8 Å². The van der Waals surface area contributed by atoms with Gasteiger partial charge < -0.3 is 10.4 Å². The molecule has 1 aromatic carbocycles. The van der Waals surface area contributed by atoms with Crippen molar-refractivity contribution in [3.05, 3.63) is 30.3 Å². The van der Waals surface area contributed by atoms with Crippen molar-refractivity contribution in [2.75, 3.05) is 18.9 Å². The van der Waals surface area contributed by atoms with Crippen LogP contribution in [0.3, 0.4) is 0 Å². The SMILES string of the molecule is CC(C)(CO)NCCSc1ccccc1. The lowest BCUT2D eigenvalue weighted by molar-refractivity contribution is 0.191. The van der Waals surface area contributed by atoms with Gasteiger partial charge in [0.15, 0.2) is 0 Å². The third kappa shape index (κ3) is 5.21. The third-order valence-electron chi connectivity index (χ3n) is 2.11. The summed E-state index contributed by atoms with van der Waals surface area (Å²) in [6.07, 6.45) is 0. The van der Waals surface area contributed by atoms with E-state index in [9.17, 15) is 0 Å². The highest BCUT2D eigenvalue weighted by Gasteiger charge is 2.13. The lowest BCUT2D eigenvalue weighted by atomic mass is 10.1. The van der Waals surface area contributed by atoms with Gasteiger partial charge in [0.2, 0.25) is 0 Å².